The van der Waals surface area contributed by atoms with Crippen LogP contribution in [-0.4, -0.2) is 30.1 Å². The highest BCUT2D eigenvalue weighted by Gasteiger charge is 2.16. The van der Waals surface area contributed by atoms with Crippen LogP contribution in [0.25, 0.3) is 0 Å². The van der Waals surface area contributed by atoms with Gasteiger partial charge in [-0.3, -0.25) is 9.59 Å². The van der Waals surface area contributed by atoms with Crippen molar-refractivity contribution < 1.29 is 19.4 Å². The van der Waals surface area contributed by atoms with Gasteiger partial charge in [-0.25, -0.2) is 0 Å². The van der Waals surface area contributed by atoms with Gasteiger partial charge in [0.05, 0.1) is 12.5 Å². The van der Waals surface area contributed by atoms with E-state index in [4.69, 9.17) is 9.84 Å². The number of carbonyl (C=O) groups excluding carboxylic acids is 1. The summed E-state index contributed by atoms with van der Waals surface area (Å²) in [6.45, 7) is 2.33. The second-order valence-corrected chi connectivity index (χ2v) is 4.37. The summed E-state index contributed by atoms with van der Waals surface area (Å²) < 4.78 is 5.35. The van der Waals surface area contributed by atoms with E-state index >= 15 is 0 Å². The topological polar surface area (TPSA) is 75.6 Å². The lowest BCUT2D eigenvalue weighted by molar-refractivity contribution is -0.140. The van der Waals surface area contributed by atoms with Crippen LogP contribution in [0.2, 0.25) is 0 Å². The molecule has 1 unspecified atom stereocenters. The largest absolute Gasteiger partial charge is 0.493 e. The fourth-order valence-corrected chi connectivity index (χ4v) is 1.76. The minimum Gasteiger partial charge on any atom is -0.493 e. The number of nitrogens with one attached hydrogen (secondary N) is 1. The lowest BCUT2D eigenvalue weighted by atomic mass is 10.1. The van der Waals surface area contributed by atoms with Crippen molar-refractivity contribution in [3.8, 4) is 5.75 Å². The van der Waals surface area contributed by atoms with Gasteiger partial charge >= 0.3 is 5.97 Å². The van der Waals surface area contributed by atoms with Crippen LogP contribution >= 0.6 is 0 Å². The number of rotatable bonds is 4. The van der Waals surface area contributed by atoms with Crippen molar-refractivity contribution in [2.75, 3.05) is 13.2 Å². The third-order valence-corrected chi connectivity index (χ3v) is 2.94. The van der Waals surface area contributed by atoms with E-state index in [1.807, 2.05) is 0 Å². The Labute approximate surface area is 105 Å². The molecule has 1 amide bonds. The van der Waals surface area contributed by atoms with Crippen molar-refractivity contribution in [3.63, 3.8) is 0 Å². The molecule has 5 heteroatoms. The molecule has 1 aromatic carbocycles. The van der Waals surface area contributed by atoms with Gasteiger partial charge in [0.15, 0.2) is 0 Å². The van der Waals surface area contributed by atoms with E-state index in [0.29, 0.717) is 12.2 Å². The zero-order valence-corrected chi connectivity index (χ0v) is 10.1. The van der Waals surface area contributed by atoms with Crippen LogP contribution in [0.15, 0.2) is 18.2 Å². The Hall–Kier alpha value is -2.04. The number of carboxylic acids is 1. The second-order valence-electron chi connectivity index (χ2n) is 4.37. The van der Waals surface area contributed by atoms with Crippen molar-refractivity contribution in [2.24, 2.45) is 5.92 Å². The number of fused-ring (bicyclic) bond motifs is 1. The molecule has 0 spiro atoms. The molecule has 0 radical (unpaired) electrons. The maximum absolute atomic E-state index is 11.8. The number of aliphatic carboxylic acids is 1. The van der Waals surface area contributed by atoms with E-state index in [2.05, 4.69) is 5.32 Å². The predicted octanol–water partition coefficient (Wildman–Crippen LogP) is 1.07. The van der Waals surface area contributed by atoms with Crippen LogP contribution in [0.3, 0.4) is 0 Å². The molecule has 1 aliphatic rings. The summed E-state index contributed by atoms with van der Waals surface area (Å²) in [6.07, 6.45) is 0.808. The maximum atomic E-state index is 11.8. The van der Waals surface area contributed by atoms with Gasteiger partial charge in [-0.2, -0.15) is 0 Å². The van der Waals surface area contributed by atoms with Crippen LogP contribution in [0.5, 0.6) is 5.75 Å². The van der Waals surface area contributed by atoms with Crippen molar-refractivity contribution >= 4 is 11.9 Å². The Bertz CT molecular complexity index is 484. The first kappa shape index (κ1) is 12.4. The van der Waals surface area contributed by atoms with E-state index in [9.17, 15) is 9.59 Å². The molecule has 0 bridgehead atoms. The normalized spacial score (nSPS) is 14.5. The summed E-state index contributed by atoms with van der Waals surface area (Å²) in [4.78, 5) is 22.5. The molecule has 1 aliphatic heterocycles. The van der Waals surface area contributed by atoms with Gasteiger partial charge in [0.25, 0.3) is 5.91 Å². The highest BCUT2D eigenvalue weighted by Crippen LogP contribution is 2.25. The molecule has 0 saturated heterocycles. The molecule has 96 valence electrons. The highest BCUT2D eigenvalue weighted by atomic mass is 16.5. The molecular formula is C13H15NO4. The van der Waals surface area contributed by atoms with Gasteiger partial charge in [-0.15, -0.1) is 0 Å². The molecule has 1 atom stereocenters. The predicted molar refractivity (Wildman–Crippen MR) is 64.8 cm³/mol. The van der Waals surface area contributed by atoms with Gasteiger partial charge in [0.2, 0.25) is 0 Å². The molecule has 0 aromatic heterocycles. The molecule has 0 aliphatic carbocycles. The minimum atomic E-state index is -0.919. The average Bonchev–Trinajstić information content (AvgIpc) is 2.82. The van der Waals surface area contributed by atoms with Crippen molar-refractivity contribution in [1.82, 2.24) is 5.32 Å². The number of carboxylic acid groups (broad SMARTS) is 1. The number of hydrogen-bond donors (Lipinski definition) is 2. The smallest absolute Gasteiger partial charge is 0.308 e. The molecule has 1 heterocycles. The van der Waals surface area contributed by atoms with Crippen molar-refractivity contribution in [2.45, 2.75) is 13.3 Å². The van der Waals surface area contributed by atoms with Gasteiger partial charge in [0.1, 0.15) is 5.75 Å². The molecule has 0 saturated carbocycles. The molecule has 18 heavy (non-hydrogen) atoms. The lowest BCUT2D eigenvalue weighted by Gasteiger charge is -2.09. The number of benzene rings is 1. The zero-order chi connectivity index (χ0) is 13.1. The number of ether oxygens (including phenoxy) is 1. The summed E-state index contributed by atoms with van der Waals surface area (Å²) in [5, 5.41) is 11.3. The molecule has 2 rings (SSSR count). The fourth-order valence-electron chi connectivity index (χ4n) is 1.76. The Balaban J connectivity index is 1.99. The van der Waals surface area contributed by atoms with Crippen LogP contribution in [-0.2, 0) is 11.2 Å². The van der Waals surface area contributed by atoms with Crippen LogP contribution in [0.1, 0.15) is 22.8 Å². The summed E-state index contributed by atoms with van der Waals surface area (Å²) in [5.74, 6) is -0.937. The van der Waals surface area contributed by atoms with Crippen LogP contribution < -0.4 is 10.1 Å². The third-order valence-electron chi connectivity index (χ3n) is 2.94. The number of carbonyl (C=O) groups is 2. The fraction of sp³-hybridized carbons (Fsp3) is 0.385. The Morgan fingerprint density at radius 1 is 1.50 bits per heavy atom. The van der Waals surface area contributed by atoms with Gasteiger partial charge in [-0.1, -0.05) is 6.92 Å². The first-order valence-electron chi connectivity index (χ1n) is 5.84. The quantitative estimate of drug-likeness (QED) is 0.837. The van der Waals surface area contributed by atoms with E-state index in [0.717, 1.165) is 17.7 Å². The van der Waals surface area contributed by atoms with Crippen LogP contribution in [0, 0.1) is 5.92 Å². The molecule has 5 nitrogen and oxygen atoms in total. The molecule has 1 aromatic rings. The van der Waals surface area contributed by atoms with E-state index in [1.54, 1.807) is 25.1 Å². The number of amides is 1. The van der Waals surface area contributed by atoms with E-state index < -0.39 is 11.9 Å². The standard InChI is InChI=1S/C13H15NO4/c1-8(13(16)17)7-14-12(15)10-2-3-11-9(6-10)4-5-18-11/h2-3,6,8H,4-5,7H2,1H3,(H,14,15)(H,16,17). The highest BCUT2D eigenvalue weighted by molar-refractivity contribution is 5.94. The molecule has 0 fully saturated rings. The monoisotopic (exact) mass is 249 g/mol. The summed E-state index contributed by atoms with van der Waals surface area (Å²) >= 11 is 0. The first-order chi connectivity index (χ1) is 8.58. The third kappa shape index (κ3) is 2.61. The zero-order valence-electron chi connectivity index (χ0n) is 10.1. The summed E-state index contributed by atoms with van der Waals surface area (Å²) in [5.41, 5.74) is 1.56. The van der Waals surface area contributed by atoms with Crippen molar-refractivity contribution in [1.29, 1.82) is 0 Å². The Morgan fingerprint density at radius 2 is 2.28 bits per heavy atom. The summed E-state index contributed by atoms with van der Waals surface area (Å²) in [7, 11) is 0. The lowest BCUT2D eigenvalue weighted by Crippen LogP contribution is -2.31. The summed E-state index contributed by atoms with van der Waals surface area (Å²) in [6, 6.07) is 5.26. The van der Waals surface area contributed by atoms with E-state index in [-0.39, 0.29) is 12.5 Å². The van der Waals surface area contributed by atoms with Crippen molar-refractivity contribution in [3.05, 3.63) is 29.3 Å². The van der Waals surface area contributed by atoms with Gasteiger partial charge in [0, 0.05) is 18.5 Å². The Kier molecular flexibility index (Phi) is 3.50. The molecular weight excluding hydrogens is 234 g/mol. The Morgan fingerprint density at radius 3 is 3.00 bits per heavy atom. The maximum Gasteiger partial charge on any atom is 0.308 e. The van der Waals surface area contributed by atoms with Gasteiger partial charge < -0.3 is 15.2 Å². The number of hydrogen-bond acceptors (Lipinski definition) is 3. The average molecular weight is 249 g/mol. The van der Waals surface area contributed by atoms with E-state index in [1.165, 1.54) is 0 Å². The van der Waals surface area contributed by atoms with Gasteiger partial charge in [-0.05, 0) is 23.8 Å². The first-order valence-corrected chi connectivity index (χ1v) is 5.84. The minimum absolute atomic E-state index is 0.127. The van der Waals surface area contributed by atoms with Crippen LogP contribution in [0.4, 0.5) is 0 Å². The molecule has 2 N–H and O–H groups in total. The second kappa shape index (κ2) is 5.08. The SMILES string of the molecule is CC(CNC(=O)c1ccc2c(c1)CCO2)C(=O)O.